The molecule has 0 aromatic heterocycles. The quantitative estimate of drug-likeness (QED) is 0.701. The van der Waals surface area contributed by atoms with Crippen molar-refractivity contribution >= 4 is 6.41 Å². The molecule has 0 saturated heterocycles. The van der Waals surface area contributed by atoms with Gasteiger partial charge in [0.2, 0.25) is 6.41 Å². The Morgan fingerprint density at radius 1 is 1.38 bits per heavy atom. The van der Waals surface area contributed by atoms with Crippen molar-refractivity contribution in [3.05, 3.63) is 35.9 Å². The second-order valence-corrected chi connectivity index (χ2v) is 3.31. The van der Waals surface area contributed by atoms with Gasteiger partial charge in [-0.15, -0.1) is 0 Å². The largest absolute Gasteiger partial charge is 0.349 e. The van der Waals surface area contributed by atoms with Crippen molar-refractivity contribution in [3.8, 4) is 0 Å². The van der Waals surface area contributed by atoms with Crippen LogP contribution in [0.3, 0.4) is 0 Å². The lowest BCUT2D eigenvalue weighted by molar-refractivity contribution is -0.111. The number of hydrogen-bond donors (Lipinski definition) is 1. The van der Waals surface area contributed by atoms with Gasteiger partial charge in [-0.2, -0.15) is 0 Å². The normalized spacial score (nSPS) is 14.6. The molecule has 0 radical (unpaired) electrons. The van der Waals surface area contributed by atoms with E-state index < -0.39 is 0 Å². The molecule has 0 saturated carbocycles. The molecule has 1 aromatic rings. The maximum absolute atomic E-state index is 10.4. The molecule has 1 N–H and O–H groups in total. The van der Waals surface area contributed by atoms with Crippen molar-refractivity contribution in [2.45, 2.75) is 25.8 Å². The van der Waals surface area contributed by atoms with Crippen LogP contribution < -0.4 is 5.32 Å². The molecule has 1 rings (SSSR count). The van der Waals surface area contributed by atoms with Gasteiger partial charge in [0.1, 0.15) is 0 Å². The Morgan fingerprint density at radius 3 is 2.46 bits per heavy atom. The van der Waals surface area contributed by atoms with Crippen LogP contribution in [0.1, 0.15) is 25.8 Å². The molecule has 2 nitrogen and oxygen atoms in total. The third-order valence-electron chi connectivity index (χ3n) is 2.50. The topological polar surface area (TPSA) is 29.1 Å². The lowest BCUT2D eigenvalue weighted by atomic mass is 9.90. The van der Waals surface area contributed by atoms with E-state index in [0.717, 1.165) is 18.4 Å². The summed E-state index contributed by atoms with van der Waals surface area (Å²) in [6, 6.07) is 9.99. The Labute approximate surface area is 79.0 Å². The highest BCUT2D eigenvalue weighted by atomic mass is 16.1. The summed E-state index contributed by atoms with van der Waals surface area (Å²) in [7, 11) is 0. The summed E-state index contributed by atoms with van der Waals surface area (Å²) in [5.74, 6) is 0. The summed E-state index contributed by atoms with van der Waals surface area (Å²) in [4.78, 5) is 10.4. The molecule has 0 aliphatic rings. The summed E-state index contributed by atoms with van der Waals surface area (Å²) in [5.41, 5.74) is 0.910. The van der Waals surface area contributed by atoms with Crippen LogP contribution in [0.5, 0.6) is 0 Å². The molecule has 0 spiro atoms. The molecule has 0 aliphatic carbocycles. The van der Waals surface area contributed by atoms with Gasteiger partial charge in [0.15, 0.2) is 0 Å². The molecule has 13 heavy (non-hydrogen) atoms. The number of amides is 1. The molecular formula is C11H15NO. The van der Waals surface area contributed by atoms with Gasteiger partial charge in [-0.25, -0.2) is 0 Å². The predicted molar refractivity (Wildman–Crippen MR) is 53.3 cm³/mol. The monoisotopic (exact) mass is 177 g/mol. The zero-order chi connectivity index (χ0) is 9.73. The zero-order valence-corrected chi connectivity index (χ0v) is 8.08. The Hall–Kier alpha value is -1.31. The molecule has 0 bridgehead atoms. The molecule has 0 fully saturated rings. The van der Waals surface area contributed by atoms with Gasteiger partial charge >= 0.3 is 0 Å². The van der Waals surface area contributed by atoms with Gasteiger partial charge in [0, 0.05) is 0 Å². The lowest BCUT2D eigenvalue weighted by Gasteiger charge is -2.28. The Balaban J connectivity index is 2.95. The first-order chi connectivity index (χ1) is 6.23. The van der Waals surface area contributed by atoms with E-state index in [4.69, 9.17) is 0 Å². The summed E-state index contributed by atoms with van der Waals surface area (Å²) >= 11 is 0. The van der Waals surface area contributed by atoms with E-state index in [-0.39, 0.29) is 5.54 Å². The molecule has 0 unspecified atom stereocenters. The van der Waals surface area contributed by atoms with Crippen molar-refractivity contribution in [2.75, 3.05) is 0 Å². The number of carbonyl (C=O) groups excluding carboxylic acids is 1. The van der Waals surface area contributed by atoms with Crippen LogP contribution in [-0.2, 0) is 10.3 Å². The third kappa shape index (κ3) is 2.08. The van der Waals surface area contributed by atoms with Gasteiger partial charge in [0.05, 0.1) is 5.54 Å². The van der Waals surface area contributed by atoms with Crippen molar-refractivity contribution in [2.24, 2.45) is 0 Å². The SMILES string of the molecule is CC[C@@](C)(NC=O)c1ccccc1. The molecule has 70 valence electrons. The summed E-state index contributed by atoms with van der Waals surface area (Å²) in [5, 5.41) is 2.84. The predicted octanol–water partition coefficient (Wildman–Crippen LogP) is 2.06. The highest BCUT2D eigenvalue weighted by Crippen LogP contribution is 2.22. The Morgan fingerprint density at radius 2 is 2.00 bits per heavy atom. The average Bonchev–Trinajstić information content (AvgIpc) is 2.19. The minimum atomic E-state index is -0.233. The van der Waals surface area contributed by atoms with Crippen molar-refractivity contribution in [1.29, 1.82) is 0 Å². The second kappa shape index (κ2) is 4.08. The van der Waals surface area contributed by atoms with Crippen LogP contribution in [0.2, 0.25) is 0 Å². The van der Waals surface area contributed by atoms with E-state index in [9.17, 15) is 4.79 Å². The van der Waals surface area contributed by atoms with Gasteiger partial charge < -0.3 is 5.32 Å². The fraction of sp³-hybridized carbons (Fsp3) is 0.364. The third-order valence-corrected chi connectivity index (χ3v) is 2.50. The maximum Gasteiger partial charge on any atom is 0.207 e. The van der Waals surface area contributed by atoms with Gasteiger partial charge in [-0.3, -0.25) is 4.79 Å². The Bertz CT molecular complexity index is 271. The molecule has 1 atom stereocenters. The minimum Gasteiger partial charge on any atom is -0.349 e. The first-order valence-corrected chi connectivity index (χ1v) is 4.50. The number of hydrogen-bond acceptors (Lipinski definition) is 1. The zero-order valence-electron chi connectivity index (χ0n) is 8.08. The first-order valence-electron chi connectivity index (χ1n) is 4.50. The second-order valence-electron chi connectivity index (χ2n) is 3.31. The van der Waals surface area contributed by atoms with Crippen LogP contribution in [0.15, 0.2) is 30.3 Å². The maximum atomic E-state index is 10.4. The molecule has 0 aliphatic heterocycles. The number of carbonyl (C=O) groups is 1. The highest BCUT2D eigenvalue weighted by Gasteiger charge is 2.22. The van der Waals surface area contributed by atoms with E-state index in [0.29, 0.717) is 0 Å². The van der Waals surface area contributed by atoms with E-state index in [1.807, 2.05) is 37.3 Å². The molecular weight excluding hydrogens is 162 g/mol. The average molecular weight is 177 g/mol. The van der Waals surface area contributed by atoms with Gasteiger partial charge in [0.25, 0.3) is 0 Å². The fourth-order valence-corrected chi connectivity index (χ4v) is 1.33. The van der Waals surface area contributed by atoms with Crippen molar-refractivity contribution < 1.29 is 4.79 Å². The molecule has 0 heterocycles. The van der Waals surface area contributed by atoms with Crippen molar-refractivity contribution in [3.63, 3.8) is 0 Å². The molecule has 1 amide bonds. The molecule has 1 aromatic carbocycles. The van der Waals surface area contributed by atoms with Gasteiger partial charge in [-0.05, 0) is 18.9 Å². The number of rotatable bonds is 4. The van der Waals surface area contributed by atoms with Crippen LogP contribution in [-0.4, -0.2) is 6.41 Å². The van der Waals surface area contributed by atoms with Crippen LogP contribution in [0.25, 0.3) is 0 Å². The van der Waals surface area contributed by atoms with Crippen molar-refractivity contribution in [1.82, 2.24) is 5.32 Å². The summed E-state index contributed by atoms with van der Waals surface area (Å²) < 4.78 is 0. The summed E-state index contributed by atoms with van der Waals surface area (Å²) in [6.45, 7) is 4.08. The van der Waals surface area contributed by atoms with Crippen LogP contribution in [0.4, 0.5) is 0 Å². The van der Waals surface area contributed by atoms with Crippen LogP contribution in [0, 0.1) is 0 Å². The van der Waals surface area contributed by atoms with E-state index in [1.165, 1.54) is 0 Å². The minimum absolute atomic E-state index is 0.233. The van der Waals surface area contributed by atoms with E-state index in [2.05, 4.69) is 12.2 Å². The Kier molecular flexibility index (Phi) is 3.07. The number of benzene rings is 1. The smallest absolute Gasteiger partial charge is 0.207 e. The molecule has 2 heteroatoms. The van der Waals surface area contributed by atoms with Gasteiger partial charge in [-0.1, -0.05) is 37.3 Å². The highest BCUT2D eigenvalue weighted by molar-refractivity contribution is 5.49. The van der Waals surface area contributed by atoms with Crippen LogP contribution >= 0.6 is 0 Å². The number of nitrogens with one attached hydrogen (secondary N) is 1. The standard InChI is InChI=1S/C11H15NO/c1-3-11(2,12-9-13)10-7-5-4-6-8-10/h4-9H,3H2,1-2H3,(H,12,13)/t11-/m1/s1. The fourth-order valence-electron chi connectivity index (χ4n) is 1.33. The first kappa shape index (κ1) is 9.78. The van der Waals surface area contributed by atoms with E-state index in [1.54, 1.807) is 0 Å². The van der Waals surface area contributed by atoms with E-state index >= 15 is 0 Å². The summed E-state index contributed by atoms with van der Waals surface area (Å²) in [6.07, 6.45) is 1.65. The lowest BCUT2D eigenvalue weighted by Crippen LogP contribution is -2.37.